The number of hydrogen-bond donors (Lipinski definition) is 1. The largest absolute Gasteiger partial charge is 0.381 e. The van der Waals surface area contributed by atoms with Crippen molar-refractivity contribution in [3.63, 3.8) is 0 Å². The predicted molar refractivity (Wildman–Crippen MR) is 98.5 cm³/mol. The fourth-order valence-corrected chi connectivity index (χ4v) is 3.91. The average Bonchev–Trinajstić information content (AvgIpc) is 3.10. The van der Waals surface area contributed by atoms with E-state index in [-0.39, 0.29) is 0 Å². The highest BCUT2D eigenvalue weighted by molar-refractivity contribution is 5.81. The first kappa shape index (κ1) is 15.9. The molecular formula is C20H27N3O. The van der Waals surface area contributed by atoms with Crippen LogP contribution in [0.1, 0.15) is 24.8 Å². The maximum Gasteiger partial charge on any atom is 0.129 e. The van der Waals surface area contributed by atoms with Crippen molar-refractivity contribution in [3.8, 4) is 0 Å². The van der Waals surface area contributed by atoms with Gasteiger partial charge in [-0.2, -0.15) is 0 Å². The molecule has 0 bridgehead atoms. The summed E-state index contributed by atoms with van der Waals surface area (Å²) in [5.74, 6) is 1.80. The number of benzene rings is 1. The minimum atomic E-state index is 0.536. The zero-order valence-electron chi connectivity index (χ0n) is 14.5. The van der Waals surface area contributed by atoms with Gasteiger partial charge in [0.15, 0.2) is 0 Å². The first-order chi connectivity index (χ1) is 11.8. The third kappa shape index (κ3) is 3.55. The molecule has 4 nitrogen and oxygen atoms in total. The van der Waals surface area contributed by atoms with Gasteiger partial charge in [-0.25, -0.2) is 4.98 Å². The number of pyridine rings is 1. The first-order valence-corrected chi connectivity index (χ1v) is 9.21. The average molecular weight is 325 g/mol. The van der Waals surface area contributed by atoms with Crippen LogP contribution in [0.15, 0.2) is 30.3 Å². The maximum atomic E-state index is 5.50. The molecule has 2 aliphatic rings. The molecule has 1 atom stereocenters. The predicted octanol–water partition coefficient (Wildman–Crippen LogP) is 3.46. The molecule has 0 saturated carbocycles. The number of para-hydroxylation sites is 1. The smallest absolute Gasteiger partial charge is 0.129 e. The zero-order valence-corrected chi connectivity index (χ0v) is 14.5. The van der Waals surface area contributed by atoms with Gasteiger partial charge >= 0.3 is 0 Å². The van der Waals surface area contributed by atoms with Crippen molar-refractivity contribution in [1.29, 1.82) is 0 Å². The van der Waals surface area contributed by atoms with Crippen LogP contribution < -0.4 is 5.32 Å². The fourth-order valence-electron chi connectivity index (χ4n) is 3.91. The Morgan fingerprint density at radius 3 is 2.83 bits per heavy atom. The molecule has 1 aromatic heterocycles. The highest BCUT2D eigenvalue weighted by atomic mass is 16.5. The van der Waals surface area contributed by atoms with E-state index in [0.717, 1.165) is 30.5 Å². The molecule has 24 heavy (non-hydrogen) atoms. The number of piperidine rings is 1. The second-order valence-electron chi connectivity index (χ2n) is 7.30. The van der Waals surface area contributed by atoms with E-state index in [4.69, 9.17) is 9.72 Å². The van der Waals surface area contributed by atoms with E-state index >= 15 is 0 Å². The highest BCUT2D eigenvalue weighted by Crippen LogP contribution is 2.23. The zero-order chi connectivity index (χ0) is 16.4. The summed E-state index contributed by atoms with van der Waals surface area (Å²) in [6.45, 7) is 7.63. The van der Waals surface area contributed by atoms with E-state index in [9.17, 15) is 0 Å². The van der Waals surface area contributed by atoms with Crippen LogP contribution in [0.3, 0.4) is 0 Å². The molecular weight excluding hydrogens is 298 g/mol. The van der Waals surface area contributed by atoms with Gasteiger partial charge in [-0.3, -0.25) is 0 Å². The van der Waals surface area contributed by atoms with Gasteiger partial charge in [0.05, 0.1) is 12.1 Å². The number of nitrogens with zero attached hydrogens (tertiary/aromatic N) is 2. The Morgan fingerprint density at radius 2 is 2.04 bits per heavy atom. The monoisotopic (exact) mass is 325 g/mol. The molecule has 0 amide bonds. The van der Waals surface area contributed by atoms with Gasteiger partial charge in [-0.15, -0.1) is 0 Å². The summed E-state index contributed by atoms with van der Waals surface area (Å²) in [6.07, 6.45) is 3.63. The van der Waals surface area contributed by atoms with Crippen LogP contribution in [0.5, 0.6) is 0 Å². The van der Waals surface area contributed by atoms with Gasteiger partial charge in [0, 0.05) is 37.7 Å². The van der Waals surface area contributed by atoms with Crippen molar-refractivity contribution < 1.29 is 4.74 Å². The molecule has 0 radical (unpaired) electrons. The minimum absolute atomic E-state index is 0.536. The van der Waals surface area contributed by atoms with Crippen LogP contribution >= 0.6 is 0 Å². The molecule has 0 aliphatic carbocycles. The van der Waals surface area contributed by atoms with E-state index in [2.05, 4.69) is 47.5 Å². The van der Waals surface area contributed by atoms with Crippen LogP contribution in [-0.2, 0) is 4.74 Å². The number of rotatable bonds is 4. The molecule has 2 saturated heterocycles. The molecule has 2 aromatic rings. The Labute approximate surface area is 144 Å². The lowest BCUT2D eigenvalue weighted by molar-refractivity contribution is 0.154. The molecule has 4 heteroatoms. The Hall–Kier alpha value is -1.65. The Balaban J connectivity index is 1.35. The molecule has 0 spiro atoms. The Bertz CT molecular complexity index is 688. The number of aryl methyl sites for hydroxylation is 1. The van der Waals surface area contributed by atoms with Gasteiger partial charge < -0.3 is 15.0 Å². The fraction of sp³-hybridized carbons (Fsp3) is 0.550. The van der Waals surface area contributed by atoms with Crippen LogP contribution in [0, 0.1) is 12.8 Å². The van der Waals surface area contributed by atoms with Crippen molar-refractivity contribution >= 4 is 16.7 Å². The first-order valence-electron chi connectivity index (χ1n) is 9.21. The minimum Gasteiger partial charge on any atom is -0.381 e. The molecule has 4 rings (SSSR count). The van der Waals surface area contributed by atoms with Gasteiger partial charge in [0.25, 0.3) is 0 Å². The van der Waals surface area contributed by atoms with Gasteiger partial charge in [0.2, 0.25) is 0 Å². The molecule has 128 valence electrons. The van der Waals surface area contributed by atoms with Gasteiger partial charge in [0.1, 0.15) is 5.82 Å². The number of nitrogens with one attached hydrogen (secondary N) is 1. The SMILES string of the molecule is Cc1cc2ccccc2nc1NC1CCN(CC2CCOC2)CC1. The second kappa shape index (κ2) is 7.08. The summed E-state index contributed by atoms with van der Waals surface area (Å²) in [5.41, 5.74) is 2.31. The topological polar surface area (TPSA) is 37.4 Å². The molecule has 1 N–H and O–H groups in total. The van der Waals surface area contributed by atoms with Crippen molar-refractivity contribution in [3.05, 3.63) is 35.9 Å². The standard InChI is InChI=1S/C20H27N3O/c1-15-12-17-4-2-3-5-19(17)22-20(15)21-18-6-9-23(10-7-18)13-16-8-11-24-14-16/h2-5,12,16,18H,6-11,13-14H2,1H3,(H,21,22). The van der Waals surface area contributed by atoms with Gasteiger partial charge in [-0.1, -0.05) is 18.2 Å². The van der Waals surface area contributed by atoms with E-state index in [1.165, 1.54) is 49.8 Å². The number of likely N-dealkylation sites (tertiary alicyclic amines) is 1. The Morgan fingerprint density at radius 1 is 1.21 bits per heavy atom. The summed E-state index contributed by atoms with van der Waals surface area (Å²) < 4.78 is 5.50. The molecule has 2 fully saturated rings. The van der Waals surface area contributed by atoms with Crippen LogP contribution in [-0.4, -0.2) is 48.8 Å². The van der Waals surface area contributed by atoms with Crippen molar-refractivity contribution in [2.24, 2.45) is 5.92 Å². The number of fused-ring (bicyclic) bond motifs is 1. The molecule has 1 unspecified atom stereocenters. The van der Waals surface area contributed by atoms with Crippen LogP contribution in [0.25, 0.3) is 10.9 Å². The van der Waals surface area contributed by atoms with Crippen LogP contribution in [0.2, 0.25) is 0 Å². The summed E-state index contributed by atoms with van der Waals surface area (Å²) in [4.78, 5) is 7.44. The lowest BCUT2D eigenvalue weighted by Crippen LogP contribution is -2.41. The highest BCUT2D eigenvalue weighted by Gasteiger charge is 2.24. The number of anilines is 1. The van der Waals surface area contributed by atoms with Crippen LogP contribution in [0.4, 0.5) is 5.82 Å². The lowest BCUT2D eigenvalue weighted by atomic mass is 10.0. The summed E-state index contributed by atoms with van der Waals surface area (Å²) in [7, 11) is 0. The van der Waals surface area contributed by atoms with Gasteiger partial charge in [-0.05, 0) is 49.8 Å². The van der Waals surface area contributed by atoms with E-state index < -0.39 is 0 Å². The molecule has 1 aromatic carbocycles. The number of aromatic nitrogens is 1. The quantitative estimate of drug-likeness (QED) is 0.934. The van der Waals surface area contributed by atoms with Crippen molar-refractivity contribution in [2.45, 2.75) is 32.2 Å². The second-order valence-corrected chi connectivity index (χ2v) is 7.30. The number of hydrogen-bond acceptors (Lipinski definition) is 4. The Kier molecular flexibility index (Phi) is 4.67. The number of ether oxygens (including phenoxy) is 1. The third-order valence-corrected chi connectivity index (χ3v) is 5.38. The maximum absolute atomic E-state index is 5.50. The van der Waals surface area contributed by atoms with E-state index in [1.54, 1.807) is 0 Å². The molecule has 3 heterocycles. The normalized spacial score (nSPS) is 23.0. The van der Waals surface area contributed by atoms with E-state index in [0.29, 0.717) is 6.04 Å². The molecule has 2 aliphatic heterocycles. The lowest BCUT2D eigenvalue weighted by Gasteiger charge is -2.34. The van der Waals surface area contributed by atoms with E-state index in [1.807, 2.05) is 0 Å². The van der Waals surface area contributed by atoms with Crippen molar-refractivity contribution in [1.82, 2.24) is 9.88 Å². The summed E-state index contributed by atoms with van der Waals surface area (Å²) >= 11 is 0. The third-order valence-electron chi connectivity index (χ3n) is 5.38. The summed E-state index contributed by atoms with van der Waals surface area (Å²) in [6, 6.07) is 11.1. The van der Waals surface area contributed by atoms with Crippen molar-refractivity contribution in [2.75, 3.05) is 38.2 Å². The summed E-state index contributed by atoms with van der Waals surface area (Å²) in [5, 5.41) is 4.91.